The Labute approximate surface area is 123 Å². The molecule has 9 heteroatoms. The van der Waals surface area contributed by atoms with Crippen LogP contribution in [0.15, 0.2) is 17.3 Å². The molecule has 2 rings (SSSR count). The molecule has 2 aromatic heterocycles. The number of hydrogen-bond acceptors (Lipinski definition) is 5. The summed E-state index contributed by atoms with van der Waals surface area (Å²) in [7, 11) is -3.59. The van der Waals surface area contributed by atoms with Gasteiger partial charge in [0.25, 0.3) is 0 Å². The van der Waals surface area contributed by atoms with Gasteiger partial charge in [-0.05, 0) is 13.8 Å². The van der Waals surface area contributed by atoms with Crippen molar-refractivity contribution in [1.29, 1.82) is 0 Å². The van der Waals surface area contributed by atoms with Crippen LogP contribution in [0.25, 0.3) is 0 Å². The lowest BCUT2D eigenvalue weighted by atomic mass is 10.4. The summed E-state index contributed by atoms with van der Waals surface area (Å²) < 4.78 is 29.0. The van der Waals surface area contributed by atoms with Gasteiger partial charge in [0.05, 0.1) is 17.9 Å². The van der Waals surface area contributed by atoms with E-state index in [0.29, 0.717) is 30.9 Å². The van der Waals surface area contributed by atoms with Crippen LogP contribution in [0, 0.1) is 13.8 Å². The normalized spacial score (nSPS) is 12.0. The number of sulfonamides is 1. The minimum Gasteiger partial charge on any atom is -0.349 e. The van der Waals surface area contributed by atoms with E-state index in [-0.39, 0.29) is 11.4 Å². The minimum atomic E-state index is -3.59. The van der Waals surface area contributed by atoms with Gasteiger partial charge in [-0.15, -0.1) is 0 Å². The first-order chi connectivity index (χ1) is 9.95. The van der Waals surface area contributed by atoms with Gasteiger partial charge in [0.1, 0.15) is 10.7 Å². The Kier molecular flexibility index (Phi) is 4.76. The molecular weight excluding hydrogens is 292 g/mol. The molecule has 0 radical (unpaired) electrons. The van der Waals surface area contributed by atoms with Crippen LogP contribution in [0.5, 0.6) is 0 Å². The second-order valence-electron chi connectivity index (χ2n) is 4.70. The molecule has 0 saturated heterocycles. The number of aryl methyl sites for hydroxylation is 1. The fourth-order valence-corrected chi connectivity index (χ4v) is 3.66. The van der Waals surface area contributed by atoms with E-state index in [1.165, 1.54) is 0 Å². The van der Waals surface area contributed by atoms with E-state index in [9.17, 15) is 8.42 Å². The zero-order valence-corrected chi connectivity index (χ0v) is 12.9. The molecule has 2 heterocycles. The summed E-state index contributed by atoms with van der Waals surface area (Å²) in [5.41, 5.74) is 6.57. The second kappa shape index (κ2) is 6.37. The molecule has 0 amide bonds. The molecule has 0 saturated carbocycles. The van der Waals surface area contributed by atoms with Crippen molar-refractivity contribution in [1.82, 2.24) is 24.5 Å². The molecule has 21 heavy (non-hydrogen) atoms. The maximum atomic E-state index is 12.4. The number of rotatable bonds is 7. The maximum Gasteiger partial charge on any atom is 0.244 e. The summed E-state index contributed by atoms with van der Waals surface area (Å²) in [6.45, 7) is 4.59. The largest absolute Gasteiger partial charge is 0.349 e. The Morgan fingerprint density at radius 1 is 1.43 bits per heavy atom. The molecule has 0 aliphatic carbocycles. The van der Waals surface area contributed by atoms with Crippen LogP contribution in [0.4, 0.5) is 0 Å². The predicted molar refractivity (Wildman–Crippen MR) is 78.2 cm³/mol. The SMILES string of the molecule is Cc1nn(CCN)c(C)c1S(=O)(=O)NCCc1ncc[nH]1. The summed E-state index contributed by atoms with van der Waals surface area (Å²) in [5, 5.41) is 4.22. The van der Waals surface area contributed by atoms with Crippen molar-refractivity contribution in [2.24, 2.45) is 5.73 Å². The first-order valence-corrected chi connectivity index (χ1v) is 8.16. The van der Waals surface area contributed by atoms with E-state index in [4.69, 9.17) is 5.73 Å². The monoisotopic (exact) mass is 312 g/mol. The van der Waals surface area contributed by atoms with Gasteiger partial charge in [0.15, 0.2) is 0 Å². The molecule has 0 bridgehead atoms. The third-order valence-electron chi connectivity index (χ3n) is 3.13. The maximum absolute atomic E-state index is 12.4. The first-order valence-electron chi connectivity index (χ1n) is 6.67. The zero-order chi connectivity index (χ0) is 15.5. The van der Waals surface area contributed by atoms with E-state index in [2.05, 4.69) is 19.8 Å². The molecule has 8 nitrogen and oxygen atoms in total. The van der Waals surface area contributed by atoms with Crippen LogP contribution in [-0.2, 0) is 23.0 Å². The number of nitrogens with two attached hydrogens (primary N) is 1. The standard InChI is InChI=1S/C12H20N6O2S/c1-9-12(10(2)18(17-9)8-4-13)21(19,20)16-5-3-11-14-6-7-15-11/h6-7,16H,3-5,8,13H2,1-2H3,(H,14,15). The first kappa shape index (κ1) is 15.7. The average Bonchev–Trinajstić information content (AvgIpc) is 2.99. The van der Waals surface area contributed by atoms with E-state index >= 15 is 0 Å². The lowest BCUT2D eigenvalue weighted by Crippen LogP contribution is -2.27. The number of aromatic amines is 1. The van der Waals surface area contributed by atoms with Crippen LogP contribution in [0.1, 0.15) is 17.2 Å². The highest BCUT2D eigenvalue weighted by atomic mass is 32.2. The molecule has 0 aliphatic rings. The van der Waals surface area contributed by atoms with Gasteiger partial charge in [-0.1, -0.05) is 0 Å². The summed E-state index contributed by atoms with van der Waals surface area (Å²) in [5.74, 6) is 0.741. The van der Waals surface area contributed by atoms with E-state index in [1.807, 2.05) is 0 Å². The Morgan fingerprint density at radius 2 is 2.19 bits per heavy atom. The minimum absolute atomic E-state index is 0.232. The summed E-state index contributed by atoms with van der Waals surface area (Å²) >= 11 is 0. The van der Waals surface area contributed by atoms with E-state index in [1.54, 1.807) is 30.9 Å². The highest BCUT2D eigenvalue weighted by Gasteiger charge is 2.24. The molecule has 0 unspecified atom stereocenters. The average molecular weight is 312 g/mol. The predicted octanol–water partition coefficient (Wildman–Crippen LogP) is -0.297. The van der Waals surface area contributed by atoms with Crippen molar-refractivity contribution < 1.29 is 8.42 Å². The van der Waals surface area contributed by atoms with Crippen LogP contribution < -0.4 is 10.5 Å². The molecule has 116 valence electrons. The van der Waals surface area contributed by atoms with Crippen LogP contribution in [0.3, 0.4) is 0 Å². The number of hydrogen-bond donors (Lipinski definition) is 3. The van der Waals surface area contributed by atoms with Crippen LogP contribution >= 0.6 is 0 Å². The fourth-order valence-electron chi connectivity index (χ4n) is 2.22. The molecule has 2 aromatic rings. The third kappa shape index (κ3) is 3.49. The molecule has 4 N–H and O–H groups in total. The topological polar surface area (TPSA) is 119 Å². The van der Waals surface area contributed by atoms with E-state index in [0.717, 1.165) is 5.82 Å². The fraction of sp³-hybridized carbons (Fsp3) is 0.500. The summed E-state index contributed by atoms with van der Waals surface area (Å²) in [6.07, 6.45) is 3.84. The molecule has 0 aromatic carbocycles. The van der Waals surface area contributed by atoms with Crippen LogP contribution in [0.2, 0.25) is 0 Å². The van der Waals surface area contributed by atoms with Gasteiger partial charge in [-0.2, -0.15) is 5.10 Å². The van der Waals surface area contributed by atoms with Gasteiger partial charge in [0.2, 0.25) is 10.0 Å². The molecule has 0 spiro atoms. The van der Waals surface area contributed by atoms with Crippen molar-refractivity contribution in [2.45, 2.75) is 31.7 Å². The van der Waals surface area contributed by atoms with Crippen molar-refractivity contribution in [2.75, 3.05) is 13.1 Å². The lowest BCUT2D eigenvalue weighted by molar-refractivity contribution is 0.577. The van der Waals surface area contributed by atoms with Crippen molar-refractivity contribution in [3.8, 4) is 0 Å². The molecule has 0 atom stereocenters. The second-order valence-corrected chi connectivity index (χ2v) is 6.40. The van der Waals surface area contributed by atoms with Gasteiger partial charge in [-0.25, -0.2) is 18.1 Å². The smallest absolute Gasteiger partial charge is 0.244 e. The lowest BCUT2D eigenvalue weighted by Gasteiger charge is -2.07. The van der Waals surface area contributed by atoms with Crippen molar-refractivity contribution in [3.05, 3.63) is 29.6 Å². The Bertz CT molecular complexity index is 690. The van der Waals surface area contributed by atoms with Gasteiger partial charge in [-0.3, -0.25) is 4.68 Å². The van der Waals surface area contributed by atoms with E-state index < -0.39 is 10.0 Å². The number of nitrogens with one attached hydrogen (secondary N) is 2. The van der Waals surface area contributed by atoms with Gasteiger partial charge < -0.3 is 10.7 Å². The van der Waals surface area contributed by atoms with Gasteiger partial charge in [0, 0.05) is 31.9 Å². The van der Waals surface area contributed by atoms with Crippen molar-refractivity contribution >= 4 is 10.0 Å². The third-order valence-corrected chi connectivity index (χ3v) is 4.85. The Balaban J connectivity index is 2.12. The molecule has 0 aliphatic heterocycles. The highest BCUT2D eigenvalue weighted by molar-refractivity contribution is 7.89. The van der Waals surface area contributed by atoms with Crippen molar-refractivity contribution in [3.63, 3.8) is 0 Å². The summed E-state index contributed by atoms with van der Waals surface area (Å²) in [4.78, 5) is 7.21. The molecule has 0 fully saturated rings. The number of aromatic nitrogens is 4. The molecular formula is C12H20N6O2S. The van der Waals surface area contributed by atoms with Gasteiger partial charge >= 0.3 is 0 Å². The Morgan fingerprint density at radius 3 is 2.81 bits per heavy atom. The zero-order valence-electron chi connectivity index (χ0n) is 12.1. The van der Waals surface area contributed by atoms with Crippen LogP contribution in [-0.4, -0.2) is 41.3 Å². The number of nitrogens with zero attached hydrogens (tertiary/aromatic N) is 3. The highest BCUT2D eigenvalue weighted by Crippen LogP contribution is 2.18. The number of imidazole rings is 1. The Hall–Kier alpha value is -1.71. The summed E-state index contributed by atoms with van der Waals surface area (Å²) in [6, 6.07) is 0. The number of H-pyrrole nitrogens is 1. The quantitative estimate of drug-likeness (QED) is 0.649.